The summed E-state index contributed by atoms with van der Waals surface area (Å²) in [6.07, 6.45) is 1.49. The molecule has 0 aliphatic carbocycles. The zero-order chi connectivity index (χ0) is 22.7. The molecule has 1 aliphatic heterocycles. The largest absolute Gasteiger partial charge is 0.341 e. The molecule has 1 atom stereocenters. The van der Waals surface area contributed by atoms with Gasteiger partial charge in [0.25, 0.3) is 5.91 Å². The highest BCUT2D eigenvalue weighted by Crippen LogP contribution is 2.29. The van der Waals surface area contributed by atoms with Crippen LogP contribution in [0.1, 0.15) is 51.5 Å². The molecule has 1 N–H and O–H groups in total. The van der Waals surface area contributed by atoms with Crippen LogP contribution in [0, 0.1) is 13.8 Å². The third-order valence-electron chi connectivity index (χ3n) is 5.87. The molecule has 4 rings (SSSR count). The molecule has 1 heterocycles. The third kappa shape index (κ3) is 4.70. The molecular formula is C26H28N2O3S. The van der Waals surface area contributed by atoms with E-state index in [-0.39, 0.29) is 17.7 Å². The Balaban J connectivity index is 1.67. The molecule has 0 bridgehead atoms. The van der Waals surface area contributed by atoms with E-state index in [0.29, 0.717) is 24.2 Å². The average molecular weight is 449 g/mol. The van der Waals surface area contributed by atoms with Crippen LogP contribution in [0.15, 0.2) is 72.8 Å². The highest BCUT2D eigenvalue weighted by atomic mass is 32.2. The van der Waals surface area contributed by atoms with Gasteiger partial charge in [-0.1, -0.05) is 66.2 Å². The number of benzene rings is 3. The quantitative estimate of drug-likeness (QED) is 0.612. The number of amides is 1. The van der Waals surface area contributed by atoms with Crippen LogP contribution in [-0.2, 0) is 10.0 Å². The number of carbonyl (C=O) groups is 1. The number of nitrogens with one attached hydrogen (secondary N) is 1. The molecule has 1 amide bonds. The fraction of sp³-hybridized carbons (Fsp3) is 0.269. The molecule has 0 spiro atoms. The molecule has 1 fully saturated rings. The Morgan fingerprint density at radius 3 is 2.38 bits per heavy atom. The maximum atomic E-state index is 13.3. The molecule has 32 heavy (non-hydrogen) atoms. The predicted octanol–water partition coefficient (Wildman–Crippen LogP) is 4.75. The minimum Gasteiger partial charge on any atom is -0.341 e. The van der Waals surface area contributed by atoms with Crippen molar-refractivity contribution < 1.29 is 13.2 Å². The van der Waals surface area contributed by atoms with Gasteiger partial charge in [-0.25, -0.2) is 8.42 Å². The van der Waals surface area contributed by atoms with Gasteiger partial charge in [0.05, 0.1) is 17.5 Å². The van der Waals surface area contributed by atoms with Crippen molar-refractivity contribution in [2.75, 3.05) is 16.6 Å². The molecule has 166 valence electrons. The Bertz CT molecular complexity index is 1220. The standard InChI is InChI=1S/C26H28N2O3S/c1-19-9-8-12-22(17-19)25(21-10-4-3-5-11-21)27-26(29)23-14-13-20(2)24(18-23)28-15-6-7-16-32(28,30)31/h3-5,8-14,17-18,25H,6-7,15-16H2,1-2H3,(H,27,29)/t25-/m1/s1. The fourth-order valence-electron chi connectivity index (χ4n) is 4.15. The molecule has 3 aromatic rings. The first-order valence-electron chi connectivity index (χ1n) is 10.9. The van der Waals surface area contributed by atoms with Crippen molar-refractivity contribution in [1.29, 1.82) is 0 Å². The number of hydrogen-bond donors (Lipinski definition) is 1. The van der Waals surface area contributed by atoms with Crippen molar-refractivity contribution in [2.24, 2.45) is 0 Å². The highest BCUT2D eigenvalue weighted by molar-refractivity contribution is 7.92. The van der Waals surface area contributed by atoms with E-state index in [1.165, 1.54) is 4.31 Å². The topological polar surface area (TPSA) is 66.5 Å². The first-order valence-corrected chi connectivity index (χ1v) is 12.5. The zero-order valence-electron chi connectivity index (χ0n) is 18.4. The van der Waals surface area contributed by atoms with E-state index in [4.69, 9.17) is 0 Å². The molecule has 0 radical (unpaired) electrons. The Morgan fingerprint density at radius 1 is 0.906 bits per heavy atom. The summed E-state index contributed by atoms with van der Waals surface area (Å²) < 4.78 is 26.7. The number of carbonyl (C=O) groups excluding carboxylic acids is 1. The maximum absolute atomic E-state index is 13.3. The van der Waals surface area contributed by atoms with Gasteiger partial charge in [-0.15, -0.1) is 0 Å². The number of rotatable bonds is 5. The lowest BCUT2D eigenvalue weighted by atomic mass is 9.97. The van der Waals surface area contributed by atoms with E-state index in [1.54, 1.807) is 12.1 Å². The molecule has 0 aromatic heterocycles. The van der Waals surface area contributed by atoms with Crippen LogP contribution in [0.25, 0.3) is 0 Å². The summed E-state index contributed by atoms with van der Waals surface area (Å²) in [5, 5.41) is 3.16. The summed E-state index contributed by atoms with van der Waals surface area (Å²) in [6, 6.07) is 22.9. The van der Waals surface area contributed by atoms with E-state index in [9.17, 15) is 13.2 Å². The van der Waals surface area contributed by atoms with Crippen LogP contribution < -0.4 is 9.62 Å². The van der Waals surface area contributed by atoms with Crippen LogP contribution in [0.5, 0.6) is 0 Å². The highest BCUT2D eigenvalue weighted by Gasteiger charge is 2.28. The van der Waals surface area contributed by atoms with Gasteiger partial charge >= 0.3 is 0 Å². The first-order chi connectivity index (χ1) is 15.3. The van der Waals surface area contributed by atoms with E-state index in [1.807, 2.05) is 68.4 Å². The van der Waals surface area contributed by atoms with Crippen LogP contribution in [0.3, 0.4) is 0 Å². The molecule has 0 saturated carbocycles. The summed E-state index contributed by atoms with van der Waals surface area (Å²) in [5.74, 6) is -0.0947. The minimum absolute atomic E-state index is 0.145. The van der Waals surface area contributed by atoms with Gasteiger partial charge < -0.3 is 5.32 Å². The maximum Gasteiger partial charge on any atom is 0.252 e. The summed E-state index contributed by atoms with van der Waals surface area (Å²) in [4.78, 5) is 13.3. The Morgan fingerprint density at radius 2 is 1.66 bits per heavy atom. The van der Waals surface area contributed by atoms with Gasteiger partial charge in [-0.05, 0) is 55.5 Å². The number of aryl methyl sites for hydroxylation is 2. The second-order valence-corrected chi connectivity index (χ2v) is 10.3. The van der Waals surface area contributed by atoms with Crippen molar-refractivity contribution in [3.05, 3.63) is 101 Å². The minimum atomic E-state index is -3.35. The summed E-state index contributed by atoms with van der Waals surface area (Å²) >= 11 is 0. The van der Waals surface area contributed by atoms with Gasteiger partial charge in [0.1, 0.15) is 0 Å². The summed E-state index contributed by atoms with van der Waals surface area (Å²) in [5.41, 5.74) is 4.97. The van der Waals surface area contributed by atoms with Gasteiger partial charge in [-0.2, -0.15) is 0 Å². The lowest BCUT2D eigenvalue weighted by Crippen LogP contribution is -2.38. The van der Waals surface area contributed by atoms with Crippen molar-refractivity contribution in [1.82, 2.24) is 5.32 Å². The van der Waals surface area contributed by atoms with Gasteiger partial charge in [0.15, 0.2) is 0 Å². The third-order valence-corrected chi connectivity index (χ3v) is 7.73. The van der Waals surface area contributed by atoms with Crippen molar-refractivity contribution in [2.45, 2.75) is 32.7 Å². The smallest absolute Gasteiger partial charge is 0.252 e. The van der Waals surface area contributed by atoms with Crippen LogP contribution >= 0.6 is 0 Å². The van der Waals surface area contributed by atoms with Crippen LogP contribution in [0.4, 0.5) is 5.69 Å². The molecule has 0 unspecified atom stereocenters. The van der Waals surface area contributed by atoms with E-state index in [0.717, 1.165) is 28.7 Å². The molecule has 5 nitrogen and oxygen atoms in total. The lowest BCUT2D eigenvalue weighted by molar-refractivity contribution is 0.0943. The first kappa shape index (κ1) is 22.1. The molecule has 1 aliphatic rings. The fourth-order valence-corrected chi connectivity index (χ4v) is 5.84. The Kier molecular flexibility index (Phi) is 6.33. The van der Waals surface area contributed by atoms with Gasteiger partial charge in [0.2, 0.25) is 10.0 Å². The zero-order valence-corrected chi connectivity index (χ0v) is 19.2. The van der Waals surface area contributed by atoms with Crippen LogP contribution in [-0.4, -0.2) is 26.6 Å². The van der Waals surface area contributed by atoms with E-state index >= 15 is 0 Å². The normalized spacial score (nSPS) is 16.4. The molecule has 6 heteroatoms. The molecule has 3 aromatic carbocycles. The second-order valence-electron chi connectivity index (χ2n) is 8.33. The van der Waals surface area contributed by atoms with E-state index in [2.05, 4.69) is 11.4 Å². The number of hydrogen-bond acceptors (Lipinski definition) is 3. The van der Waals surface area contributed by atoms with E-state index < -0.39 is 10.0 Å². The monoisotopic (exact) mass is 448 g/mol. The number of anilines is 1. The molecule has 1 saturated heterocycles. The second kappa shape index (κ2) is 9.17. The summed E-state index contributed by atoms with van der Waals surface area (Å²) in [6.45, 7) is 4.35. The van der Waals surface area contributed by atoms with Crippen LogP contribution in [0.2, 0.25) is 0 Å². The average Bonchev–Trinajstić information content (AvgIpc) is 2.78. The number of sulfonamides is 1. The Labute approximate surface area is 190 Å². The number of nitrogens with zero attached hydrogens (tertiary/aromatic N) is 1. The van der Waals surface area contributed by atoms with Crippen molar-refractivity contribution in [3.8, 4) is 0 Å². The molecular weight excluding hydrogens is 420 g/mol. The van der Waals surface area contributed by atoms with Gasteiger partial charge in [-0.3, -0.25) is 9.10 Å². The summed E-state index contributed by atoms with van der Waals surface area (Å²) in [7, 11) is -3.35. The van der Waals surface area contributed by atoms with Gasteiger partial charge in [0, 0.05) is 12.1 Å². The Hall–Kier alpha value is -3.12. The van der Waals surface area contributed by atoms with Crippen molar-refractivity contribution >= 4 is 21.6 Å². The lowest BCUT2D eigenvalue weighted by Gasteiger charge is -2.30. The SMILES string of the molecule is Cc1cccc([C@H](NC(=O)c2ccc(C)c(N3CCCCS3(=O)=O)c2)c2ccccc2)c1. The predicted molar refractivity (Wildman–Crippen MR) is 128 cm³/mol. The van der Waals surface area contributed by atoms with Crippen molar-refractivity contribution in [3.63, 3.8) is 0 Å².